The Morgan fingerprint density at radius 2 is 1.67 bits per heavy atom. The lowest BCUT2D eigenvalue weighted by atomic mass is 9.70. The Morgan fingerprint density at radius 3 is 2.32 bits per heavy atom. The van der Waals surface area contributed by atoms with Gasteiger partial charge < -0.3 is 45.4 Å². The van der Waals surface area contributed by atoms with E-state index < -0.39 is 71.3 Å². The predicted octanol–water partition coefficient (Wildman–Crippen LogP) is 0.645. The number of hydrogen-bond acceptors (Lipinski definition) is 10. The van der Waals surface area contributed by atoms with Crippen LogP contribution in [0.4, 0.5) is 4.79 Å². The number of urea groups is 1. The van der Waals surface area contributed by atoms with Gasteiger partial charge in [-0.25, -0.2) is 9.59 Å². The number of benzene rings is 2. The Labute approximate surface area is 331 Å². The number of carbonyl (C=O) groups excluding carboxylic acids is 6. The highest BCUT2D eigenvalue weighted by molar-refractivity contribution is 6.38. The van der Waals surface area contributed by atoms with Crippen molar-refractivity contribution in [3.63, 3.8) is 0 Å². The highest BCUT2D eigenvalue weighted by Crippen LogP contribution is 2.45. The summed E-state index contributed by atoms with van der Waals surface area (Å²) in [5.41, 5.74) is 0.438. The summed E-state index contributed by atoms with van der Waals surface area (Å²) in [6.45, 7) is 4.77. The molecular formula is C38H43ClN7O11+. The predicted molar refractivity (Wildman–Crippen MR) is 198 cm³/mol. The smallest absolute Gasteiger partial charge is 0.352 e. The molecule has 0 radical (unpaired) electrons. The molecule has 302 valence electrons. The van der Waals surface area contributed by atoms with Crippen LogP contribution in [-0.2, 0) is 28.7 Å². The molecule has 6 heterocycles. The number of phenolic OH excluding ortho intramolecular Hbond substituents is 2. The lowest BCUT2D eigenvalue weighted by Crippen LogP contribution is -2.74. The molecule has 6 aliphatic rings. The molecule has 19 heteroatoms. The van der Waals surface area contributed by atoms with Crippen LogP contribution in [0.2, 0.25) is 5.02 Å². The molecule has 3 atom stereocenters. The van der Waals surface area contributed by atoms with Gasteiger partial charge in [0.2, 0.25) is 5.91 Å². The quantitative estimate of drug-likeness (QED) is 0.0798. The standard InChI is InChI=1S/C38H42ClN7O11/c1-2-43-13-14-44(34(53)33(43)52)37(56)42-26(21-6-4-3-5-7-21)31(50)41-27-32(51)45-28(36(54)55)22(19-57-35(27)45)18-46-15-10-38(11-16-46,12-17-46)20-40-30(49)23-8-9-24(47)29(48)25(23)39/h3-9,26-27,35H,2,10-20H2,1H3,(H5-,40,41,42,47,48,49,50,52,53,54,55,56)/p+1/t26-,27-,35-,38?,46?/m1/s1. The summed E-state index contributed by atoms with van der Waals surface area (Å²) >= 11 is 6.08. The van der Waals surface area contributed by atoms with Gasteiger partial charge in [-0.3, -0.25) is 33.8 Å². The maximum absolute atomic E-state index is 13.8. The number of rotatable bonds is 11. The zero-order chi connectivity index (χ0) is 40.8. The topological polar surface area (TPSA) is 235 Å². The van der Waals surface area contributed by atoms with Crippen molar-refractivity contribution in [2.45, 2.75) is 44.5 Å². The van der Waals surface area contributed by atoms with E-state index in [-0.39, 0.29) is 41.4 Å². The summed E-state index contributed by atoms with van der Waals surface area (Å²) in [5, 5.41) is 37.8. The number of piperazine rings is 1. The number of imide groups is 1. The normalized spacial score (nSPS) is 26.1. The minimum Gasteiger partial charge on any atom is -0.504 e. The van der Waals surface area contributed by atoms with Gasteiger partial charge >= 0.3 is 23.8 Å². The number of piperidine rings is 3. The molecule has 0 spiro atoms. The molecule has 7 amide bonds. The number of likely N-dealkylation sites (N-methyl/N-ethyl adjacent to an activating group) is 1. The van der Waals surface area contributed by atoms with Crippen LogP contribution >= 0.6 is 11.6 Å². The fourth-order valence-corrected chi connectivity index (χ4v) is 8.74. The van der Waals surface area contributed by atoms with E-state index >= 15 is 0 Å². The molecule has 0 aliphatic carbocycles. The van der Waals surface area contributed by atoms with Gasteiger partial charge in [-0.15, -0.1) is 0 Å². The molecule has 0 aromatic heterocycles. The maximum atomic E-state index is 13.8. The number of nitrogens with one attached hydrogen (secondary N) is 3. The third kappa shape index (κ3) is 7.23. The summed E-state index contributed by atoms with van der Waals surface area (Å²) in [4.78, 5) is 94.5. The first-order valence-electron chi connectivity index (χ1n) is 18.7. The summed E-state index contributed by atoms with van der Waals surface area (Å²) in [7, 11) is 0. The second kappa shape index (κ2) is 15.3. The summed E-state index contributed by atoms with van der Waals surface area (Å²) in [5.74, 6) is -6.16. The number of amides is 7. The number of aromatic hydroxyl groups is 2. The average Bonchev–Trinajstić information content (AvgIpc) is 3.21. The number of halogens is 1. The Hall–Kier alpha value is -5.72. The molecule has 2 aromatic rings. The van der Waals surface area contributed by atoms with E-state index in [4.69, 9.17) is 16.3 Å². The number of phenols is 2. The zero-order valence-electron chi connectivity index (χ0n) is 31.0. The van der Waals surface area contributed by atoms with E-state index in [1.54, 1.807) is 37.3 Å². The van der Waals surface area contributed by atoms with Crippen molar-refractivity contribution in [2.24, 2.45) is 5.41 Å². The Bertz CT molecular complexity index is 2050. The first-order valence-corrected chi connectivity index (χ1v) is 19.1. The molecular weight excluding hydrogens is 766 g/mol. The number of aliphatic carboxylic acids is 1. The van der Waals surface area contributed by atoms with E-state index in [1.807, 2.05) is 0 Å². The van der Waals surface area contributed by atoms with Crippen LogP contribution in [0.3, 0.4) is 0 Å². The SMILES string of the molecule is CCN1CCN(C(=O)N[C@@H](C(=O)N[C@@H]2C(=O)N3C(C(=O)O)=C(C[N+]45CCC(CNC(=O)c6ccc(O)c(O)c6Cl)(CC4)CC5)CO[C@H]23)c2ccccc2)C(=O)C1=O. The van der Waals surface area contributed by atoms with Gasteiger partial charge in [0.15, 0.2) is 23.8 Å². The van der Waals surface area contributed by atoms with E-state index in [0.717, 1.165) is 29.1 Å². The largest absolute Gasteiger partial charge is 0.504 e. The fourth-order valence-electron chi connectivity index (χ4n) is 8.49. The average molecular weight is 809 g/mol. The Morgan fingerprint density at radius 1 is 0.982 bits per heavy atom. The van der Waals surface area contributed by atoms with E-state index in [2.05, 4.69) is 16.0 Å². The molecule has 6 aliphatic heterocycles. The third-order valence-corrected chi connectivity index (χ3v) is 12.4. The zero-order valence-corrected chi connectivity index (χ0v) is 31.8. The number of hydrogen-bond donors (Lipinski definition) is 6. The molecule has 57 heavy (non-hydrogen) atoms. The third-order valence-electron chi connectivity index (χ3n) is 12.0. The lowest BCUT2D eigenvalue weighted by Gasteiger charge is -2.56. The van der Waals surface area contributed by atoms with Crippen LogP contribution in [-0.4, -0.2) is 147 Å². The highest BCUT2D eigenvalue weighted by Gasteiger charge is 2.57. The molecule has 2 bridgehead atoms. The molecule has 5 fully saturated rings. The van der Waals surface area contributed by atoms with Gasteiger partial charge in [-0.1, -0.05) is 41.9 Å². The van der Waals surface area contributed by atoms with Crippen molar-refractivity contribution in [2.75, 3.05) is 59.0 Å². The van der Waals surface area contributed by atoms with Crippen LogP contribution < -0.4 is 16.0 Å². The molecule has 18 nitrogen and oxygen atoms in total. The lowest BCUT2D eigenvalue weighted by molar-refractivity contribution is -0.941. The number of carbonyl (C=O) groups is 7. The number of β-lactam (4-membered cyclic amide) rings is 1. The Balaban J connectivity index is 0.994. The van der Waals surface area contributed by atoms with Crippen LogP contribution in [0.25, 0.3) is 0 Å². The first-order chi connectivity index (χ1) is 27.2. The minimum atomic E-state index is -1.38. The number of ether oxygens (including phenoxy) is 1. The van der Waals surface area contributed by atoms with Crippen molar-refractivity contribution in [3.05, 3.63) is 69.9 Å². The number of fused-ring (bicyclic) bond motifs is 4. The van der Waals surface area contributed by atoms with Gasteiger partial charge in [-0.2, -0.15) is 0 Å². The second-order valence-electron chi connectivity index (χ2n) is 15.2. The molecule has 0 unspecified atom stereocenters. The number of carboxylic acid groups (broad SMARTS) is 1. The van der Waals surface area contributed by atoms with Gasteiger partial charge in [0.25, 0.3) is 11.8 Å². The van der Waals surface area contributed by atoms with Gasteiger partial charge in [-0.05, 0) is 24.6 Å². The summed E-state index contributed by atoms with van der Waals surface area (Å²) in [6.07, 6.45) is 1.12. The van der Waals surface area contributed by atoms with Gasteiger partial charge in [0.1, 0.15) is 18.3 Å². The van der Waals surface area contributed by atoms with Crippen molar-refractivity contribution >= 4 is 53.1 Å². The van der Waals surface area contributed by atoms with Gasteiger partial charge in [0.05, 0.1) is 36.8 Å². The van der Waals surface area contributed by atoms with Crippen LogP contribution in [0.1, 0.15) is 48.1 Å². The van der Waals surface area contributed by atoms with Crippen LogP contribution in [0.5, 0.6) is 11.5 Å². The number of nitrogens with zero attached hydrogens (tertiary/aromatic N) is 4. The summed E-state index contributed by atoms with van der Waals surface area (Å²) < 4.78 is 6.62. The monoisotopic (exact) mass is 808 g/mol. The van der Waals surface area contributed by atoms with Crippen LogP contribution in [0, 0.1) is 5.41 Å². The molecule has 5 saturated heterocycles. The van der Waals surface area contributed by atoms with E-state index in [9.17, 15) is 48.9 Å². The first kappa shape index (κ1) is 39.5. The van der Waals surface area contributed by atoms with Crippen molar-refractivity contribution in [1.29, 1.82) is 0 Å². The van der Waals surface area contributed by atoms with E-state index in [0.29, 0.717) is 54.9 Å². The minimum absolute atomic E-state index is 0.0435. The van der Waals surface area contributed by atoms with E-state index in [1.165, 1.54) is 17.0 Å². The number of carboxylic acids is 1. The maximum Gasteiger partial charge on any atom is 0.352 e. The molecule has 2 aromatic carbocycles. The summed E-state index contributed by atoms with van der Waals surface area (Å²) in [6, 6.07) is 7.05. The highest BCUT2D eigenvalue weighted by atomic mass is 35.5. The van der Waals surface area contributed by atoms with Crippen molar-refractivity contribution in [1.82, 2.24) is 30.7 Å². The molecule has 8 rings (SSSR count). The fraction of sp³-hybridized carbons (Fsp3) is 0.447. The van der Waals surface area contributed by atoms with Crippen molar-refractivity contribution in [3.8, 4) is 11.5 Å². The second-order valence-corrected chi connectivity index (χ2v) is 15.6. The van der Waals surface area contributed by atoms with Crippen molar-refractivity contribution < 1.29 is 58.1 Å². The van der Waals surface area contributed by atoms with Crippen LogP contribution in [0.15, 0.2) is 53.7 Å². The van der Waals surface area contributed by atoms with Gasteiger partial charge in [0, 0.05) is 56.4 Å². The molecule has 0 saturated carbocycles. The molecule has 6 N–H and O–H groups in total. The Kier molecular flexibility index (Phi) is 10.6. The number of quaternary nitrogens is 1.